The van der Waals surface area contributed by atoms with Gasteiger partial charge in [-0.1, -0.05) is 30.3 Å². The molecule has 28 heavy (non-hydrogen) atoms. The molecule has 3 rings (SSSR count). The average molecular weight is 472 g/mol. The van der Waals surface area contributed by atoms with Crippen molar-refractivity contribution < 1.29 is 55.5 Å². The first-order valence-electron chi connectivity index (χ1n) is 7.15. The summed E-state index contributed by atoms with van der Waals surface area (Å²) in [6.45, 7) is 0. The minimum absolute atomic E-state index is 0.0762. The van der Waals surface area contributed by atoms with Crippen molar-refractivity contribution in [2.45, 2.75) is 0 Å². The Bertz CT molecular complexity index is 1090. The van der Waals surface area contributed by atoms with Crippen LogP contribution in [-0.2, 0) is 26.9 Å². The summed E-state index contributed by atoms with van der Waals surface area (Å²) in [4.78, 5) is 36.0. The predicted octanol–water partition coefficient (Wildman–Crippen LogP) is 2.55. The first kappa shape index (κ1) is 21.4. The number of benzene rings is 2. The standard InChI is InChI=1S/C12H12O12P4/c13-25-12-9(8-4-1-2-6-10(8)21-25)5-3-7-11(12)22-27(17,18)24-28(19,20)23-26(14,15)16/h1-7,25H,(H,17,18)(H,19,20)(H2,14,15,16). The molecule has 1 aliphatic heterocycles. The van der Waals surface area contributed by atoms with Crippen LogP contribution in [0.15, 0.2) is 42.5 Å². The largest absolute Gasteiger partial charge is 0.536 e. The quantitative estimate of drug-likeness (QED) is 0.451. The van der Waals surface area contributed by atoms with E-state index in [-0.39, 0.29) is 5.30 Å². The number of phosphoric acid groups is 3. The Labute approximate surface area is 158 Å². The Kier molecular flexibility index (Phi) is 5.75. The highest BCUT2D eigenvalue weighted by Gasteiger charge is 2.42. The predicted molar refractivity (Wildman–Crippen MR) is 95.6 cm³/mol. The van der Waals surface area contributed by atoms with Crippen LogP contribution < -0.4 is 14.4 Å². The van der Waals surface area contributed by atoms with Crippen LogP contribution in [0.25, 0.3) is 11.1 Å². The van der Waals surface area contributed by atoms with Crippen molar-refractivity contribution in [3.05, 3.63) is 42.5 Å². The smallest absolute Gasteiger partial charge is 0.441 e. The number of rotatable bonds is 6. The van der Waals surface area contributed by atoms with E-state index in [1.165, 1.54) is 6.07 Å². The molecule has 2 aromatic rings. The zero-order chi connectivity index (χ0) is 20.7. The van der Waals surface area contributed by atoms with Crippen molar-refractivity contribution in [1.29, 1.82) is 0 Å². The van der Waals surface area contributed by atoms with E-state index in [0.717, 1.165) is 6.07 Å². The number of para-hydroxylation sites is 1. The van der Waals surface area contributed by atoms with Crippen LogP contribution in [0.4, 0.5) is 0 Å². The molecular weight excluding hydrogens is 460 g/mol. The molecule has 2 aromatic carbocycles. The third-order valence-electron chi connectivity index (χ3n) is 3.24. The third kappa shape index (κ3) is 5.00. The zero-order valence-corrected chi connectivity index (χ0v) is 17.1. The van der Waals surface area contributed by atoms with E-state index in [1.54, 1.807) is 30.3 Å². The van der Waals surface area contributed by atoms with E-state index < -0.39 is 37.2 Å². The third-order valence-corrected chi connectivity index (χ3v) is 8.32. The molecule has 0 aromatic heterocycles. The van der Waals surface area contributed by atoms with Gasteiger partial charge in [-0.3, -0.25) is 9.46 Å². The summed E-state index contributed by atoms with van der Waals surface area (Å²) in [5, 5.41) is -0.0762. The second-order valence-corrected chi connectivity index (χ2v) is 10.9. The molecular formula is C12H12O12P4. The average Bonchev–Trinajstić information content (AvgIpc) is 2.51. The van der Waals surface area contributed by atoms with E-state index in [9.17, 15) is 28.0 Å². The monoisotopic (exact) mass is 472 g/mol. The van der Waals surface area contributed by atoms with Crippen LogP contribution in [0.5, 0.6) is 11.5 Å². The van der Waals surface area contributed by atoms with Crippen molar-refractivity contribution in [3.63, 3.8) is 0 Å². The van der Waals surface area contributed by atoms with Gasteiger partial charge in [0.15, 0.2) is 0 Å². The van der Waals surface area contributed by atoms with Crippen molar-refractivity contribution in [2.24, 2.45) is 0 Å². The SMILES string of the molecule is O=[PH]1Oc2ccccc2-c2cccc(OP(=O)(O)OP(=O)(O)OP(=O)(O)O)c21. The van der Waals surface area contributed by atoms with Gasteiger partial charge in [0.1, 0.15) is 11.5 Å². The van der Waals surface area contributed by atoms with Gasteiger partial charge in [0.05, 0.1) is 5.30 Å². The van der Waals surface area contributed by atoms with Crippen LogP contribution in [-0.4, -0.2) is 19.6 Å². The lowest BCUT2D eigenvalue weighted by Gasteiger charge is -2.23. The Morgan fingerprint density at radius 1 is 0.821 bits per heavy atom. The van der Waals surface area contributed by atoms with Gasteiger partial charge in [0.2, 0.25) is 0 Å². The second kappa shape index (κ2) is 7.52. The van der Waals surface area contributed by atoms with Gasteiger partial charge in [-0.2, -0.15) is 8.62 Å². The Hall–Kier alpha value is -1.28. The highest BCUT2D eigenvalue weighted by atomic mass is 31.3. The van der Waals surface area contributed by atoms with Gasteiger partial charge >= 0.3 is 23.5 Å². The lowest BCUT2D eigenvalue weighted by molar-refractivity contribution is 0.207. The number of hydrogen-bond donors (Lipinski definition) is 4. The van der Waals surface area contributed by atoms with Gasteiger partial charge in [-0.15, -0.1) is 0 Å². The van der Waals surface area contributed by atoms with Gasteiger partial charge in [0.25, 0.3) is 8.03 Å². The molecule has 4 N–H and O–H groups in total. The van der Waals surface area contributed by atoms with Crippen molar-refractivity contribution in [2.75, 3.05) is 0 Å². The Balaban J connectivity index is 1.94. The fourth-order valence-electron chi connectivity index (χ4n) is 2.39. The Morgan fingerprint density at radius 2 is 1.46 bits per heavy atom. The van der Waals surface area contributed by atoms with E-state index in [4.69, 9.17) is 18.8 Å². The normalized spacial score (nSPS) is 20.1. The maximum atomic E-state index is 12.5. The van der Waals surface area contributed by atoms with Crippen molar-refractivity contribution in [1.82, 2.24) is 0 Å². The zero-order valence-electron chi connectivity index (χ0n) is 13.4. The molecule has 3 unspecified atom stereocenters. The summed E-state index contributed by atoms with van der Waals surface area (Å²) in [5.74, 6) is -0.118. The molecule has 0 aliphatic carbocycles. The highest BCUT2D eigenvalue weighted by Crippen LogP contribution is 2.66. The van der Waals surface area contributed by atoms with E-state index in [1.807, 2.05) is 0 Å². The molecule has 152 valence electrons. The van der Waals surface area contributed by atoms with Crippen LogP contribution in [0.2, 0.25) is 0 Å². The van der Waals surface area contributed by atoms with E-state index in [2.05, 4.69) is 8.62 Å². The fourth-order valence-corrected chi connectivity index (χ4v) is 6.77. The summed E-state index contributed by atoms with van der Waals surface area (Å²) in [5.41, 5.74) is 0.904. The molecule has 0 bridgehead atoms. The van der Waals surface area contributed by atoms with Gasteiger partial charge in [-0.25, -0.2) is 13.7 Å². The number of fused-ring (bicyclic) bond motifs is 3. The molecule has 0 amide bonds. The maximum absolute atomic E-state index is 12.5. The van der Waals surface area contributed by atoms with Crippen LogP contribution >= 0.6 is 31.5 Å². The van der Waals surface area contributed by atoms with Crippen molar-refractivity contribution >= 4 is 36.8 Å². The van der Waals surface area contributed by atoms with Crippen molar-refractivity contribution in [3.8, 4) is 22.6 Å². The minimum atomic E-state index is -5.67. The highest BCUT2D eigenvalue weighted by molar-refractivity contribution is 7.66. The van der Waals surface area contributed by atoms with Crippen LogP contribution in [0, 0.1) is 0 Å². The van der Waals surface area contributed by atoms with Crippen LogP contribution in [0.1, 0.15) is 0 Å². The lowest BCUT2D eigenvalue weighted by Crippen LogP contribution is -2.14. The topological polar surface area (TPSA) is 186 Å². The van der Waals surface area contributed by atoms with E-state index >= 15 is 0 Å². The minimum Gasteiger partial charge on any atom is -0.441 e. The van der Waals surface area contributed by atoms with Crippen LogP contribution in [0.3, 0.4) is 0 Å². The maximum Gasteiger partial charge on any atom is 0.536 e. The molecule has 12 nitrogen and oxygen atoms in total. The molecule has 0 saturated heterocycles. The van der Waals surface area contributed by atoms with Gasteiger partial charge in [-0.05, 0) is 12.1 Å². The molecule has 0 saturated carbocycles. The summed E-state index contributed by atoms with van der Waals surface area (Å²) in [7, 11) is -19.6. The molecule has 3 atom stereocenters. The van der Waals surface area contributed by atoms with Gasteiger partial charge < -0.3 is 23.7 Å². The molecule has 0 radical (unpaired) electrons. The summed E-state index contributed by atoms with van der Waals surface area (Å²) < 4.78 is 63.9. The first-order chi connectivity index (χ1) is 12.9. The number of phosphoric ester groups is 1. The lowest BCUT2D eigenvalue weighted by atomic mass is 10.0. The molecule has 16 heteroatoms. The molecule has 1 heterocycles. The summed E-state index contributed by atoms with van der Waals surface area (Å²) >= 11 is 0. The fraction of sp³-hybridized carbons (Fsp3) is 0. The Morgan fingerprint density at radius 3 is 2.14 bits per heavy atom. The number of hydrogen-bond acceptors (Lipinski definition) is 8. The molecule has 0 fully saturated rings. The summed E-state index contributed by atoms with van der Waals surface area (Å²) in [6, 6.07) is 10.7. The summed E-state index contributed by atoms with van der Waals surface area (Å²) in [6.07, 6.45) is 0. The second-order valence-electron chi connectivity index (χ2n) is 5.25. The van der Waals surface area contributed by atoms with E-state index in [0.29, 0.717) is 16.9 Å². The van der Waals surface area contributed by atoms with Gasteiger partial charge in [0, 0.05) is 11.1 Å². The molecule has 1 aliphatic rings. The molecule has 0 spiro atoms. The first-order valence-corrected chi connectivity index (χ1v) is 13.0.